The number of anilines is 3. The Bertz CT molecular complexity index is 760. The van der Waals surface area contributed by atoms with E-state index >= 15 is 0 Å². The van der Waals surface area contributed by atoms with E-state index in [0.717, 1.165) is 0 Å². The molecule has 0 aliphatic heterocycles. The minimum absolute atomic E-state index is 0.110. The number of sulfonamides is 1. The molecule has 0 bridgehead atoms. The van der Waals surface area contributed by atoms with Crippen LogP contribution in [0.15, 0.2) is 41.3 Å². The number of nitrogens with one attached hydrogen (secondary N) is 1. The Balaban J connectivity index is 2.49. The quantitative estimate of drug-likeness (QED) is 0.755. The van der Waals surface area contributed by atoms with E-state index in [2.05, 4.69) is 5.32 Å². The minimum atomic E-state index is -3.91. The van der Waals surface area contributed by atoms with Crippen molar-refractivity contribution < 1.29 is 12.8 Å². The molecule has 2 rings (SSSR count). The Hall–Kier alpha value is -2.12. The van der Waals surface area contributed by atoms with Crippen molar-refractivity contribution in [3.63, 3.8) is 0 Å². The first kappa shape index (κ1) is 14.3. The van der Waals surface area contributed by atoms with E-state index in [4.69, 9.17) is 10.9 Å². The number of nitrogens with two attached hydrogens (primary N) is 2. The van der Waals surface area contributed by atoms with Gasteiger partial charge in [0.1, 0.15) is 10.7 Å². The molecular formula is C13H14FN3O2S. The van der Waals surface area contributed by atoms with Crippen LogP contribution in [0.4, 0.5) is 21.5 Å². The molecule has 0 aliphatic carbocycles. The summed E-state index contributed by atoms with van der Waals surface area (Å²) in [4.78, 5) is -0.110. The van der Waals surface area contributed by atoms with Crippen LogP contribution in [0.2, 0.25) is 0 Å². The van der Waals surface area contributed by atoms with Crippen molar-refractivity contribution in [2.75, 3.05) is 11.1 Å². The number of rotatable bonds is 3. The van der Waals surface area contributed by atoms with E-state index in [1.54, 1.807) is 13.0 Å². The first-order chi connectivity index (χ1) is 9.27. The van der Waals surface area contributed by atoms with Crippen LogP contribution in [0.25, 0.3) is 0 Å². The number of aryl methyl sites for hydroxylation is 1. The molecule has 0 unspecified atom stereocenters. The number of nitrogen functional groups attached to an aromatic ring is 1. The van der Waals surface area contributed by atoms with Crippen LogP contribution in [0, 0.1) is 12.7 Å². The van der Waals surface area contributed by atoms with Gasteiger partial charge >= 0.3 is 0 Å². The second-order valence-corrected chi connectivity index (χ2v) is 5.91. The van der Waals surface area contributed by atoms with Crippen molar-refractivity contribution in [1.82, 2.24) is 0 Å². The molecule has 0 saturated heterocycles. The second kappa shape index (κ2) is 5.10. The molecule has 5 N–H and O–H groups in total. The van der Waals surface area contributed by atoms with Crippen molar-refractivity contribution in [2.24, 2.45) is 5.14 Å². The van der Waals surface area contributed by atoms with Gasteiger partial charge in [0.05, 0.1) is 5.69 Å². The van der Waals surface area contributed by atoms with E-state index in [1.807, 2.05) is 0 Å². The Morgan fingerprint density at radius 3 is 2.35 bits per heavy atom. The smallest absolute Gasteiger partial charge is 0.240 e. The highest BCUT2D eigenvalue weighted by Gasteiger charge is 2.15. The van der Waals surface area contributed by atoms with Crippen LogP contribution in [0.3, 0.4) is 0 Å². The van der Waals surface area contributed by atoms with E-state index in [1.165, 1.54) is 30.3 Å². The van der Waals surface area contributed by atoms with E-state index < -0.39 is 10.0 Å². The molecule has 7 heteroatoms. The molecule has 106 valence electrons. The third-order valence-corrected chi connectivity index (χ3v) is 3.72. The molecule has 2 aromatic carbocycles. The lowest BCUT2D eigenvalue weighted by Crippen LogP contribution is -2.14. The fourth-order valence-electron chi connectivity index (χ4n) is 1.79. The van der Waals surface area contributed by atoms with Crippen molar-refractivity contribution >= 4 is 27.1 Å². The number of hydrogen-bond acceptors (Lipinski definition) is 4. The van der Waals surface area contributed by atoms with Gasteiger partial charge in [-0.05, 0) is 48.9 Å². The molecule has 0 fully saturated rings. The zero-order valence-electron chi connectivity index (χ0n) is 10.7. The summed E-state index contributed by atoms with van der Waals surface area (Å²) in [6.07, 6.45) is 0. The van der Waals surface area contributed by atoms with Crippen molar-refractivity contribution in [1.29, 1.82) is 0 Å². The molecule has 5 nitrogen and oxygen atoms in total. The lowest BCUT2D eigenvalue weighted by atomic mass is 10.2. The number of primary sulfonamides is 1. The van der Waals surface area contributed by atoms with Gasteiger partial charge in [0, 0.05) is 11.4 Å². The molecule has 0 atom stereocenters. The van der Waals surface area contributed by atoms with Gasteiger partial charge in [-0.25, -0.2) is 17.9 Å². The molecule has 0 radical (unpaired) electrons. The van der Waals surface area contributed by atoms with Crippen LogP contribution >= 0.6 is 0 Å². The highest BCUT2D eigenvalue weighted by atomic mass is 32.2. The average Bonchev–Trinajstić information content (AvgIpc) is 2.33. The van der Waals surface area contributed by atoms with Crippen molar-refractivity contribution in [3.8, 4) is 0 Å². The molecule has 0 saturated carbocycles. The summed E-state index contributed by atoms with van der Waals surface area (Å²) in [6, 6.07) is 8.48. The zero-order valence-corrected chi connectivity index (χ0v) is 11.5. The predicted molar refractivity (Wildman–Crippen MR) is 76.6 cm³/mol. The number of benzene rings is 2. The summed E-state index contributed by atoms with van der Waals surface area (Å²) >= 11 is 0. The molecule has 0 aliphatic rings. The average molecular weight is 295 g/mol. The van der Waals surface area contributed by atoms with Gasteiger partial charge < -0.3 is 11.1 Å². The van der Waals surface area contributed by atoms with Crippen molar-refractivity contribution in [2.45, 2.75) is 11.8 Å². The fourth-order valence-corrected chi connectivity index (χ4v) is 2.52. The van der Waals surface area contributed by atoms with Crippen LogP contribution in [-0.4, -0.2) is 8.42 Å². The zero-order chi connectivity index (χ0) is 14.9. The highest BCUT2D eigenvalue weighted by Crippen LogP contribution is 2.28. The Labute approximate surface area is 116 Å². The SMILES string of the molecule is Cc1cc(F)ccc1Nc1ccc(N)cc1S(N)(=O)=O. The normalized spacial score (nSPS) is 11.3. The topological polar surface area (TPSA) is 98.2 Å². The van der Waals surface area contributed by atoms with E-state index in [0.29, 0.717) is 11.3 Å². The summed E-state index contributed by atoms with van der Waals surface area (Å²) < 4.78 is 36.2. The van der Waals surface area contributed by atoms with Gasteiger partial charge in [-0.15, -0.1) is 0 Å². The molecule has 2 aromatic rings. The summed E-state index contributed by atoms with van der Waals surface area (Å²) in [5, 5.41) is 8.08. The minimum Gasteiger partial charge on any atom is -0.399 e. The van der Waals surface area contributed by atoms with E-state index in [9.17, 15) is 12.8 Å². The maximum Gasteiger partial charge on any atom is 0.240 e. The largest absolute Gasteiger partial charge is 0.399 e. The monoisotopic (exact) mass is 295 g/mol. The van der Waals surface area contributed by atoms with Crippen LogP contribution in [-0.2, 0) is 10.0 Å². The summed E-state index contributed by atoms with van der Waals surface area (Å²) in [5.41, 5.74) is 7.37. The lowest BCUT2D eigenvalue weighted by molar-refractivity contribution is 0.598. The molecule has 0 spiro atoms. The lowest BCUT2D eigenvalue weighted by Gasteiger charge is -2.13. The first-order valence-corrected chi connectivity index (χ1v) is 7.27. The van der Waals surface area contributed by atoms with Gasteiger partial charge in [-0.1, -0.05) is 0 Å². The third-order valence-electron chi connectivity index (χ3n) is 2.77. The second-order valence-electron chi connectivity index (χ2n) is 4.38. The Morgan fingerprint density at radius 2 is 1.75 bits per heavy atom. The maximum absolute atomic E-state index is 13.0. The van der Waals surface area contributed by atoms with Gasteiger partial charge in [0.2, 0.25) is 10.0 Å². The summed E-state index contributed by atoms with van der Waals surface area (Å²) in [5.74, 6) is -0.364. The van der Waals surface area contributed by atoms with Gasteiger partial charge in [0.25, 0.3) is 0 Å². The van der Waals surface area contributed by atoms with E-state index in [-0.39, 0.29) is 22.1 Å². The fraction of sp³-hybridized carbons (Fsp3) is 0.0769. The van der Waals surface area contributed by atoms with Gasteiger partial charge in [-0.2, -0.15) is 0 Å². The number of hydrogen-bond donors (Lipinski definition) is 3. The molecular weight excluding hydrogens is 281 g/mol. The van der Waals surface area contributed by atoms with Gasteiger partial charge in [0.15, 0.2) is 0 Å². The Morgan fingerprint density at radius 1 is 1.10 bits per heavy atom. The summed E-state index contributed by atoms with van der Waals surface area (Å²) in [7, 11) is -3.91. The molecule has 20 heavy (non-hydrogen) atoms. The first-order valence-electron chi connectivity index (χ1n) is 5.73. The van der Waals surface area contributed by atoms with Gasteiger partial charge in [-0.3, -0.25) is 0 Å². The number of halogens is 1. The Kier molecular flexibility index (Phi) is 3.65. The summed E-state index contributed by atoms with van der Waals surface area (Å²) in [6.45, 7) is 1.71. The molecule has 0 aromatic heterocycles. The molecule has 0 heterocycles. The van der Waals surface area contributed by atoms with Crippen LogP contribution in [0.5, 0.6) is 0 Å². The molecule has 0 amide bonds. The standard InChI is InChI=1S/C13H14FN3O2S/c1-8-6-9(14)2-4-11(8)17-12-5-3-10(15)7-13(12)20(16,18)19/h2-7,17H,15H2,1H3,(H2,16,18,19). The van der Waals surface area contributed by atoms with Crippen LogP contribution in [0.1, 0.15) is 5.56 Å². The van der Waals surface area contributed by atoms with Crippen LogP contribution < -0.4 is 16.2 Å². The maximum atomic E-state index is 13.0. The highest BCUT2D eigenvalue weighted by molar-refractivity contribution is 7.89. The van der Waals surface area contributed by atoms with Crippen molar-refractivity contribution in [3.05, 3.63) is 47.8 Å². The predicted octanol–water partition coefficient (Wildman–Crippen LogP) is 2.11. The third kappa shape index (κ3) is 3.06.